The Hall–Kier alpha value is -2.38. The van der Waals surface area contributed by atoms with Crippen molar-refractivity contribution >= 4 is 28.3 Å². The third-order valence-corrected chi connectivity index (χ3v) is 6.27. The molecule has 2 aromatic heterocycles. The van der Waals surface area contributed by atoms with Gasteiger partial charge < -0.3 is 5.32 Å². The van der Waals surface area contributed by atoms with Gasteiger partial charge in [-0.25, -0.2) is 4.79 Å². The number of imidazole rings is 1. The summed E-state index contributed by atoms with van der Waals surface area (Å²) >= 11 is 1.73. The quantitative estimate of drug-likeness (QED) is 0.710. The van der Waals surface area contributed by atoms with Gasteiger partial charge in [0, 0.05) is 18.5 Å². The molecule has 0 aliphatic carbocycles. The monoisotopic (exact) mass is 384 g/mol. The van der Waals surface area contributed by atoms with Crippen molar-refractivity contribution in [2.45, 2.75) is 25.4 Å². The van der Waals surface area contributed by atoms with Crippen LogP contribution in [-0.2, 0) is 18.4 Å². The van der Waals surface area contributed by atoms with Crippen LogP contribution >= 0.6 is 11.3 Å². The van der Waals surface area contributed by atoms with Crippen LogP contribution in [0.5, 0.6) is 0 Å². The molecule has 3 heterocycles. The van der Waals surface area contributed by atoms with Crippen LogP contribution in [0.25, 0.3) is 11.0 Å². The van der Waals surface area contributed by atoms with Gasteiger partial charge in [0.15, 0.2) is 0 Å². The van der Waals surface area contributed by atoms with Gasteiger partial charge in [-0.2, -0.15) is 0 Å². The third-order valence-electron chi connectivity index (χ3n) is 5.30. The zero-order valence-corrected chi connectivity index (χ0v) is 16.2. The molecule has 6 nitrogen and oxygen atoms in total. The topological polar surface area (TPSA) is 59.3 Å². The molecular weight excluding hydrogens is 360 g/mol. The fourth-order valence-electron chi connectivity index (χ4n) is 3.87. The first-order valence-electron chi connectivity index (χ1n) is 9.33. The molecule has 1 aliphatic rings. The molecule has 1 aliphatic heterocycles. The predicted octanol–water partition coefficient (Wildman–Crippen LogP) is 2.35. The number of carbonyl (C=O) groups excluding carboxylic acids is 1. The Morgan fingerprint density at radius 2 is 1.89 bits per heavy atom. The Bertz CT molecular complexity index is 983. The van der Waals surface area contributed by atoms with Gasteiger partial charge in [-0.05, 0) is 49.5 Å². The lowest BCUT2D eigenvalue weighted by molar-refractivity contribution is -0.121. The number of benzene rings is 1. The van der Waals surface area contributed by atoms with Gasteiger partial charge >= 0.3 is 5.69 Å². The molecule has 0 radical (unpaired) electrons. The number of aryl methyl sites for hydroxylation is 1. The highest BCUT2D eigenvalue weighted by molar-refractivity contribution is 7.10. The van der Waals surface area contributed by atoms with Crippen LogP contribution in [0.2, 0.25) is 0 Å². The molecule has 1 atom stereocenters. The largest absolute Gasteiger partial charge is 0.353 e. The van der Waals surface area contributed by atoms with E-state index in [-0.39, 0.29) is 24.2 Å². The Labute approximate surface area is 162 Å². The molecule has 27 heavy (non-hydrogen) atoms. The second kappa shape index (κ2) is 7.70. The van der Waals surface area contributed by atoms with Crippen molar-refractivity contribution in [3.05, 3.63) is 57.1 Å². The molecule has 4 rings (SSSR count). The van der Waals surface area contributed by atoms with Crippen LogP contribution < -0.4 is 11.0 Å². The minimum absolute atomic E-state index is 0.0390. The van der Waals surface area contributed by atoms with E-state index in [1.165, 1.54) is 17.7 Å². The van der Waals surface area contributed by atoms with Crippen molar-refractivity contribution < 1.29 is 4.79 Å². The van der Waals surface area contributed by atoms with E-state index in [2.05, 4.69) is 27.7 Å². The number of carbonyl (C=O) groups is 1. The number of thiophene rings is 1. The number of likely N-dealkylation sites (tertiary alicyclic amines) is 1. The first-order chi connectivity index (χ1) is 13.1. The number of hydrogen-bond donors (Lipinski definition) is 1. The van der Waals surface area contributed by atoms with Gasteiger partial charge in [0.05, 0.1) is 17.1 Å². The summed E-state index contributed by atoms with van der Waals surface area (Å²) in [6, 6.07) is 12.0. The molecular formula is C20H24N4O2S. The van der Waals surface area contributed by atoms with Crippen molar-refractivity contribution in [3.63, 3.8) is 0 Å². The van der Waals surface area contributed by atoms with Crippen LogP contribution in [0, 0.1) is 0 Å². The van der Waals surface area contributed by atoms with Gasteiger partial charge in [0.1, 0.15) is 6.54 Å². The molecule has 0 bridgehead atoms. The lowest BCUT2D eigenvalue weighted by atomic mass is 10.2. The summed E-state index contributed by atoms with van der Waals surface area (Å²) in [7, 11) is 1.74. The van der Waals surface area contributed by atoms with Gasteiger partial charge in [-0.15, -0.1) is 11.3 Å². The number of nitrogens with one attached hydrogen (secondary N) is 1. The lowest BCUT2D eigenvalue weighted by Crippen LogP contribution is -2.39. The minimum Gasteiger partial charge on any atom is -0.353 e. The highest BCUT2D eigenvalue weighted by Crippen LogP contribution is 2.27. The summed E-state index contributed by atoms with van der Waals surface area (Å²) in [5, 5.41) is 5.13. The van der Waals surface area contributed by atoms with Crippen LogP contribution in [0.4, 0.5) is 0 Å². The van der Waals surface area contributed by atoms with Crippen molar-refractivity contribution in [1.82, 2.24) is 19.4 Å². The number of fused-ring (bicyclic) bond motifs is 1. The highest BCUT2D eigenvalue weighted by Gasteiger charge is 2.25. The Balaban J connectivity index is 1.48. The lowest BCUT2D eigenvalue weighted by Gasteiger charge is -2.26. The van der Waals surface area contributed by atoms with Crippen LogP contribution in [0.1, 0.15) is 23.8 Å². The Morgan fingerprint density at radius 3 is 2.59 bits per heavy atom. The molecule has 142 valence electrons. The summed E-state index contributed by atoms with van der Waals surface area (Å²) in [4.78, 5) is 28.8. The second-order valence-corrected chi connectivity index (χ2v) is 7.97. The third kappa shape index (κ3) is 3.57. The molecule has 0 spiro atoms. The standard InChI is InChI=1S/C20H24N4O2S/c1-22-15-7-2-3-8-16(15)24(20(22)26)14-19(25)21-13-17(18-9-6-12-27-18)23-10-4-5-11-23/h2-3,6-9,12,17H,4-5,10-11,13-14H2,1H3,(H,21,25). The van der Waals surface area contributed by atoms with Gasteiger partial charge in [-0.1, -0.05) is 18.2 Å². The van der Waals surface area contributed by atoms with E-state index in [0.29, 0.717) is 6.54 Å². The zero-order valence-electron chi connectivity index (χ0n) is 15.4. The zero-order chi connectivity index (χ0) is 18.8. The Morgan fingerprint density at radius 1 is 1.15 bits per heavy atom. The molecule has 1 aromatic carbocycles. The van der Waals surface area contributed by atoms with E-state index in [0.717, 1.165) is 24.1 Å². The van der Waals surface area contributed by atoms with Crippen LogP contribution in [0.3, 0.4) is 0 Å². The average molecular weight is 385 g/mol. The number of aromatic nitrogens is 2. The number of nitrogens with zero attached hydrogens (tertiary/aromatic N) is 3. The number of para-hydroxylation sites is 2. The fraction of sp³-hybridized carbons (Fsp3) is 0.400. The second-order valence-electron chi connectivity index (χ2n) is 6.99. The Kier molecular flexibility index (Phi) is 5.13. The van der Waals surface area contributed by atoms with Crippen molar-refractivity contribution in [2.24, 2.45) is 7.05 Å². The van der Waals surface area contributed by atoms with E-state index >= 15 is 0 Å². The van der Waals surface area contributed by atoms with Gasteiger partial charge in [0.25, 0.3) is 0 Å². The van der Waals surface area contributed by atoms with Crippen molar-refractivity contribution in [1.29, 1.82) is 0 Å². The van der Waals surface area contributed by atoms with Crippen LogP contribution in [0.15, 0.2) is 46.6 Å². The maximum Gasteiger partial charge on any atom is 0.329 e. The molecule has 1 amide bonds. The summed E-state index contributed by atoms with van der Waals surface area (Å²) in [6.45, 7) is 2.75. The highest BCUT2D eigenvalue weighted by atomic mass is 32.1. The van der Waals surface area contributed by atoms with E-state index in [4.69, 9.17) is 0 Å². The number of rotatable bonds is 6. The van der Waals surface area contributed by atoms with E-state index < -0.39 is 0 Å². The predicted molar refractivity (Wildman–Crippen MR) is 108 cm³/mol. The maximum absolute atomic E-state index is 12.6. The normalized spacial score (nSPS) is 16.0. The van der Waals surface area contributed by atoms with Gasteiger partial charge in [0.2, 0.25) is 5.91 Å². The number of amides is 1. The van der Waals surface area contributed by atoms with Crippen molar-refractivity contribution in [2.75, 3.05) is 19.6 Å². The average Bonchev–Trinajstić information content (AvgIpc) is 3.43. The van der Waals surface area contributed by atoms with Crippen LogP contribution in [-0.4, -0.2) is 39.6 Å². The molecule has 1 unspecified atom stereocenters. The molecule has 0 saturated carbocycles. The summed E-state index contributed by atoms with van der Waals surface area (Å²) in [5.74, 6) is -0.130. The fourth-order valence-corrected chi connectivity index (χ4v) is 4.73. The molecule has 1 saturated heterocycles. The molecule has 3 aromatic rings. The summed E-state index contributed by atoms with van der Waals surface area (Å²) in [5.41, 5.74) is 1.46. The van der Waals surface area contributed by atoms with Gasteiger partial charge in [-0.3, -0.25) is 18.8 Å². The SMILES string of the molecule is Cn1c(=O)n(CC(=O)NCC(c2cccs2)N2CCCC2)c2ccccc21. The minimum atomic E-state index is -0.166. The molecule has 1 N–H and O–H groups in total. The van der Waals surface area contributed by atoms with E-state index in [1.54, 1.807) is 27.5 Å². The molecule has 7 heteroatoms. The van der Waals surface area contributed by atoms with E-state index in [1.807, 2.05) is 24.3 Å². The smallest absolute Gasteiger partial charge is 0.329 e. The molecule has 1 fully saturated rings. The number of hydrogen-bond acceptors (Lipinski definition) is 4. The van der Waals surface area contributed by atoms with E-state index in [9.17, 15) is 9.59 Å². The first kappa shape index (κ1) is 18.0. The van der Waals surface area contributed by atoms with Crippen molar-refractivity contribution in [3.8, 4) is 0 Å². The first-order valence-corrected chi connectivity index (χ1v) is 10.2. The summed E-state index contributed by atoms with van der Waals surface area (Å²) < 4.78 is 3.13. The summed E-state index contributed by atoms with van der Waals surface area (Å²) in [6.07, 6.45) is 2.42. The maximum atomic E-state index is 12.6.